The Morgan fingerprint density at radius 3 is 2.88 bits per heavy atom. The minimum Gasteiger partial charge on any atom is -0.396 e. The first kappa shape index (κ1) is 12.8. The summed E-state index contributed by atoms with van der Waals surface area (Å²) in [6.45, 7) is 4.24. The molecule has 1 saturated carbocycles. The fraction of sp³-hybridized carbons (Fsp3) is 0.923. The zero-order valence-corrected chi connectivity index (χ0v) is 10.7. The van der Waals surface area contributed by atoms with Crippen LogP contribution in [0.4, 0.5) is 0 Å². The first-order valence-electron chi connectivity index (χ1n) is 6.86. The molecule has 1 saturated heterocycles. The zero-order valence-electron chi connectivity index (χ0n) is 10.7. The summed E-state index contributed by atoms with van der Waals surface area (Å²) >= 11 is 0. The highest BCUT2D eigenvalue weighted by molar-refractivity contribution is 5.81. The topological polar surface area (TPSA) is 52.6 Å². The van der Waals surface area contributed by atoms with Crippen molar-refractivity contribution < 1.29 is 9.90 Å². The third-order valence-electron chi connectivity index (χ3n) is 3.94. The Hall–Kier alpha value is -0.610. The van der Waals surface area contributed by atoms with Crippen molar-refractivity contribution >= 4 is 5.91 Å². The number of nitrogens with one attached hydrogen (secondary N) is 1. The van der Waals surface area contributed by atoms with Crippen molar-refractivity contribution in [2.45, 2.75) is 51.1 Å². The average Bonchev–Trinajstić information content (AvgIpc) is 3.13. The minimum atomic E-state index is -0.0166. The average molecular weight is 240 g/mol. The van der Waals surface area contributed by atoms with Gasteiger partial charge < -0.3 is 10.4 Å². The number of carbonyl (C=O) groups is 1. The third-order valence-corrected chi connectivity index (χ3v) is 3.94. The van der Waals surface area contributed by atoms with Crippen LogP contribution in [-0.2, 0) is 4.79 Å². The largest absolute Gasteiger partial charge is 0.396 e. The van der Waals surface area contributed by atoms with Gasteiger partial charge in [-0.2, -0.15) is 0 Å². The van der Waals surface area contributed by atoms with Crippen LogP contribution in [0.25, 0.3) is 0 Å². The van der Waals surface area contributed by atoms with Gasteiger partial charge in [0.25, 0.3) is 0 Å². The summed E-state index contributed by atoms with van der Waals surface area (Å²) in [6, 6.07) is 0.431. The molecule has 0 spiro atoms. The minimum absolute atomic E-state index is 0.0166. The molecule has 2 aliphatic rings. The lowest BCUT2D eigenvalue weighted by Crippen LogP contribution is -2.49. The Balaban J connectivity index is 1.80. The second-order valence-corrected chi connectivity index (χ2v) is 5.47. The van der Waals surface area contributed by atoms with Crippen molar-refractivity contribution in [3.63, 3.8) is 0 Å². The molecule has 0 aromatic heterocycles. The first-order valence-corrected chi connectivity index (χ1v) is 6.86. The summed E-state index contributed by atoms with van der Waals surface area (Å²) in [5.41, 5.74) is 0. The van der Waals surface area contributed by atoms with E-state index in [4.69, 9.17) is 5.11 Å². The van der Waals surface area contributed by atoms with Crippen molar-refractivity contribution in [1.82, 2.24) is 10.2 Å². The molecule has 0 aromatic rings. The summed E-state index contributed by atoms with van der Waals surface area (Å²) in [4.78, 5) is 14.2. The van der Waals surface area contributed by atoms with Crippen LogP contribution in [-0.4, -0.2) is 47.7 Å². The Morgan fingerprint density at radius 2 is 2.24 bits per heavy atom. The molecule has 1 aliphatic heterocycles. The second-order valence-electron chi connectivity index (χ2n) is 5.47. The Morgan fingerprint density at radius 1 is 1.47 bits per heavy atom. The summed E-state index contributed by atoms with van der Waals surface area (Å²) < 4.78 is 0. The van der Waals surface area contributed by atoms with Crippen molar-refractivity contribution in [2.24, 2.45) is 5.92 Å². The lowest BCUT2D eigenvalue weighted by molar-refractivity contribution is -0.126. The quantitative estimate of drug-likeness (QED) is 0.745. The molecule has 2 atom stereocenters. The number of piperidine rings is 1. The normalized spacial score (nSPS) is 27.8. The summed E-state index contributed by atoms with van der Waals surface area (Å²) in [7, 11) is 0. The van der Waals surface area contributed by atoms with Gasteiger partial charge in [0.15, 0.2) is 0 Å². The van der Waals surface area contributed by atoms with Crippen molar-refractivity contribution in [3.8, 4) is 0 Å². The highest BCUT2D eigenvalue weighted by atomic mass is 16.3. The third kappa shape index (κ3) is 3.68. The van der Waals surface area contributed by atoms with E-state index in [0.29, 0.717) is 12.0 Å². The number of likely N-dealkylation sites (tertiary alicyclic amines) is 1. The second kappa shape index (κ2) is 5.83. The molecule has 0 aromatic carbocycles. The molecule has 0 bridgehead atoms. The van der Waals surface area contributed by atoms with Crippen LogP contribution in [0.5, 0.6) is 0 Å². The van der Waals surface area contributed by atoms with Crippen LogP contribution in [0.3, 0.4) is 0 Å². The molecule has 4 nitrogen and oxygen atoms in total. The zero-order chi connectivity index (χ0) is 12.3. The van der Waals surface area contributed by atoms with Crippen LogP contribution in [0.2, 0.25) is 0 Å². The monoisotopic (exact) mass is 240 g/mol. The summed E-state index contributed by atoms with van der Waals surface area (Å²) in [6.07, 6.45) is 5.49. The number of hydrogen-bond acceptors (Lipinski definition) is 3. The van der Waals surface area contributed by atoms with Crippen LogP contribution < -0.4 is 5.32 Å². The smallest absolute Gasteiger partial charge is 0.237 e. The van der Waals surface area contributed by atoms with Gasteiger partial charge in [0.2, 0.25) is 5.91 Å². The van der Waals surface area contributed by atoms with E-state index >= 15 is 0 Å². The number of nitrogens with zero attached hydrogens (tertiary/aromatic N) is 1. The van der Waals surface area contributed by atoms with Crippen molar-refractivity contribution in [1.29, 1.82) is 0 Å². The van der Waals surface area contributed by atoms with E-state index in [1.54, 1.807) is 0 Å². The molecule has 4 heteroatoms. The number of amides is 1. The molecule has 2 rings (SSSR count). The van der Waals surface area contributed by atoms with Gasteiger partial charge in [-0.1, -0.05) is 0 Å². The van der Waals surface area contributed by atoms with E-state index < -0.39 is 0 Å². The molecule has 0 radical (unpaired) electrons. The van der Waals surface area contributed by atoms with Gasteiger partial charge in [-0.25, -0.2) is 0 Å². The molecular formula is C13H24N2O2. The Bertz CT molecular complexity index is 264. The Labute approximate surface area is 103 Å². The number of aliphatic hydroxyl groups excluding tert-OH is 1. The number of aliphatic hydroxyl groups is 1. The van der Waals surface area contributed by atoms with Gasteiger partial charge in [0.1, 0.15) is 0 Å². The summed E-state index contributed by atoms with van der Waals surface area (Å²) in [5.74, 6) is 0.738. The molecule has 1 amide bonds. The molecule has 98 valence electrons. The van der Waals surface area contributed by atoms with Crippen LogP contribution in [0, 0.1) is 5.92 Å². The molecule has 2 unspecified atom stereocenters. The van der Waals surface area contributed by atoms with E-state index in [1.165, 1.54) is 6.42 Å². The molecule has 1 aliphatic carbocycles. The highest BCUT2D eigenvalue weighted by Gasteiger charge is 2.30. The van der Waals surface area contributed by atoms with Crippen LogP contribution in [0.15, 0.2) is 0 Å². The van der Waals surface area contributed by atoms with Gasteiger partial charge in [0.05, 0.1) is 6.04 Å². The van der Waals surface area contributed by atoms with Crippen molar-refractivity contribution in [2.75, 3.05) is 19.7 Å². The predicted molar refractivity (Wildman–Crippen MR) is 66.6 cm³/mol. The maximum atomic E-state index is 12.0. The van der Waals surface area contributed by atoms with Gasteiger partial charge in [0, 0.05) is 19.2 Å². The predicted octanol–water partition coefficient (Wildman–Crippen LogP) is 0.748. The van der Waals surface area contributed by atoms with Gasteiger partial charge in [-0.05, 0) is 51.5 Å². The lowest BCUT2D eigenvalue weighted by Gasteiger charge is -2.36. The van der Waals surface area contributed by atoms with Gasteiger partial charge in [-0.15, -0.1) is 0 Å². The molecule has 1 heterocycles. The van der Waals surface area contributed by atoms with E-state index in [0.717, 1.165) is 38.8 Å². The molecule has 17 heavy (non-hydrogen) atoms. The fourth-order valence-electron chi connectivity index (χ4n) is 2.58. The molecule has 2 fully saturated rings. The summed E-state index contributed by atoms with van der Waals surface area (Å²) in [5, 5.41) is 12.0. The maximum Gasteiger partial charge on any atom is 0.237 e. The van der Waals surface area contributed by atoms with Crippen LogP contribution in [0.1, 0.15) is 39.0 Å². The van der Waals surface area contributed by atoms with Crippen LogP contribution >= 0.6 is 0 Å². The number of rotatable bonds is 5. The van der Waals surface area contributed by atoms with Crippen molar-refractivity contribution in [3.05, 3.63) is 0 Å². The standard InChI is InChI=1S/C13H24N2O2/c1-10(13(17)14-12-4-5-12)15-7-2-3-11(9-15)6-8-16/h10-12,16H,2-9H2,1H3,(H,14,17). The SMILES string of the molecule is CC(C(=O)NC1CC1)N1CCCC(CCO)C1. The molecular weight excluding hydrogens is 216 g/mol. The number of carbonyl (C=O) groups excluding carboxylic acids is 1. The Kier molecular flexibility index (Phi) is 4.40. The highest BCUT2D eigenvalue weighted by Crippen LogP contribution is 2.22. The van der Waals surface area contributed by atoms with E-state index in [2.05, 4.69) is 10.2 Å². The maximum absolute atomic E-state index is 12.0. The first-order chi connectivity index (χ1) is 8.20. The van der Waals surface area contributed by atoms with E-state index in [-0.39, 0.29) is 18.6 Å². The van der Waals surface area contributed by atoms with Gasteiger partial charge >= 0.3 is 0 Å². The van der Waals surface area contributed by atoms with Gasteiger partial charge in [-0.3, -0.25) is 9.69 Å². The fourth-order valence-corrected chi connectivity index (χ4v) is 2.58. The lowest BCUT2D eigenvalue weighted by atomic mass is 9.94. The van der Waals surface area contributed by atoms with E-state index in [1.807, 2.05) is 6.92 Å². The number of hydrogen-bond donors (Lipinski definition) is 2. The molecule has 2 N–H and O–H groups in total. The van der Waals surface area contributed by atoms with E-state index in [9.17, 15) is 4.79 Å².